The molecule has 1 heterocycles. The molecule has 0 N–H and O–H groups in total. The Hall–Kier alpha value is -3.37. The monoisotopic (exact) mass is 386 g/mol. The van der Waals surface area contributed by atoms with Crippen LogP contribution in [0.3, 0.4) is 0 Å². The van der Waals surface area contributed by atoms with Crippen molar-refractivity contribution in [2.24, 2.45) is 0 Å². The van der Waals surface area contributed by atoms with Crippen molar-refractivity contribution in [2.75, 3.05) is 6.61 Å². The summed E-state index contributed by atoms with van der Waals surface area (Å²) in [5.41, 5.74) is 3.15. The standard InChI is InChI=1S/C25H22O4/c1-2-27-17-21-20-15-9-10-16-22(20)28-24(21)25(26)29-23(18-11-5-3-6-12-18)19-13-7-4-8-14-19/h3-16,23H,2,17H2,1H3. The number of hydrogen-bond acceptors (Lipinski definition) is 4. The van der Waals surface area contributed by atoms with E-state index in [1.54, 1.807) is 0 Å². The number of benzene rings is 3. The van der Waals surface area contributed by atoms with E-state index in [0.717, 1.165) is 16.5 Å². The lowest BCUT2D eigenvalue weighted by Crippen LogP contribution is -2.14. The van der Waals surface area contributed by atoms with Gasteiger partial charge in [0.15, 0.2) is 6.10 Å². The van der Waals surface area contributed by atoms with Crippen LogP contribution in [0.1, 0.15) is 40.3 Å². The molecule has 0 amide bonds. The van der Waals surface area contributed by atoms with Crippen LogP contribution in [0.5, 0.6) is 0 Å². The number of carbonyl (C=O) groups excluding carboxylic acids is 1. The maximum Gasteiger partial charge on any atom is 0.375 e. The van der Waals surface area contributed by atoms with E-state index in [4.69, 9.17) is 13.9 Å². The molecule has 0 saturated heterocycles. The van der Waals surface area contributed by atoms with E-state index in [-0.39, 0.29) is 5.76 Å². The summed E-state index contributed by atoms with van der Waals surface area (Å²) in [4.78, 5) is 13.2. The quantitative estimate of drug-likeness (QED) is 0.370. The second kappa shape index (κ2) is 8.76. The third-order valence-electron chi connectivity index (χ3n) is 4.76. The topological polar surface area (TPSA) is 48.7 Å². The van der Waals surface area contributed by atoms with Crippen LogP contribution in [0.4, 0.5) is 0 Å². The van der Waals surface area contributed by atoms with Gasteiger partial charge >= 0.3 is 5.97 Å². The number of fused-ring (bicyclic) bond motifs is 1. The molecule has 0 spiro atoms. The van der Waals surface area contributed by atoms with Crippen LogP contribution in [-0.4, -0.2) is 12.6 Å². The van der Waals surface area contributed by atoms with Crippen molar-refractivity contribution >= 4 is 16.9 Å². The van der Waals surface area contributed by atoms with Crippen molar-refractivity contribution in [1.29, 1.82) is 0 Å². The predicted octanol–water partition coefficient (Wildman–Crippen LogP) is 5.92. The summed E-state index contributed by atoms with van der Waals surface area (Å²) in [6.45, 7) is 2.76. The number of carbonyl (C=O) groups is 1. The summed E-state index contributed by atoms with van der Waals surface area (Å²) >= 11 is 0. The van der Waals surface area contributed by atoms with E-state index in [2.05, 4.69) is 0 Å². The van der Waals surface area contributed by atoms with Crippen molar-refractivity contribution in [2.45, 2.75) is 19.6 Å². The number of hydrogen-bond donors (Lipinski definition) is 0. The lowest BCUT2D eigenvalue weighted by Gasteiger charge is -2.18. The summed E-state index contributed by atoms with van der Waals surface area (Å²) in [7, 11) is 0. The molecular weight excluding hydrogens is 364 g/mol. The van der Waals surface area contributed by atoms with Crippen LogP contribution < -0.4 is 0 Å². The molecule has 0 bridgehead atoms. The van der Waals surface area contributed by atoms with Gasteiger partial charge in [0, 0.05) is 17.6 Å². The van der Waals surface area contributed by atoms with Crippen molar-refractivity contribution in [1.82, 2.24) is 0 Å². The first-order chi connectivity index (χ1) is 14.3. The Kier molecular flexibility index (Phi) is 5.73. The van der Waals surface area contributed by atoms with Crippen molar-refractivity contribution in [3.8, 4) is 0 Å². The number of ether oxygens (including phenoxy) is 2. The van der Waals surface area contributed by atoms with E-state index >= 15 is 0 Å². The Morgan fingerprint density at radius 3 is 2.07 bits per heavy atom. The molecule has 0 fully saturated rings. The summed E-state index contributed by atoms with van der Waals surface area (Å²) in [6.07, 6.45) is -0.530. The van der Waals surface area contributed by atoms with E-state index < -0.39 is 12.1 Å². The maximum atomic E-state index is 13.2. The maximum absolute atomic E-state index is 13.2. The molecule has 0 aliphatic rings. The first kappa shape index (κ1) is 19.0. The van der Waals surface area contributed by atoms with Gasteiger partial charge in [0.2, 0.25) is 5.76 Å². The fraction of sp³-hybridized carbons (Fsp3) is 0.160. The van der Waals surface area contributed by atoms with Crippen LogP contribution in [0, 0.1) is 0 Å². The van der Waals surface area contributed by atoms with Crippen LogP contribution in [0.2, 0.25) is 0 Å². The molecule has 0 unspecified atom stereocenters. The lowest BCUT2D eigenvalue weighted by molar-refractivity contribution is 0.0336. The van der Waals surface area contributed by atoms with Gasteiger partial charge in [-0.25, -0.2) is 4.79 Å². The van der Waals surface area contributed by atoms with Crippen LogP contribution >= 0.6 is 0 Å². The molecule has 4 rings (SSSR count). The van der Waals surface area contributed by atoms with E-state index in [9.17, 15) is 4.79 Å². The molecule has 29 heavy (non-hydrogen) atoms. The van der Waals surface area contributed by atoms with E-state index in [1.807, 2.05) is 91.9 Å². The van der Waals surface area contributed by atoms with E-state index in [1.165, 1.54) is 0 Å². The summed E-state index contributed by atoms with van der Waals surface area (Å²) < 4.78 is 17.4. The summed E-state index contributed by atoms with van der Waals surface area (Å²) in [5.74, 6) is -0.315. The Labute approximate surface area is 169 Å². The van der Waals surface area contributed by atoms with Crippen molar-refractivity contribution in [3.63, 3.8) is 0 Å². The van der Waals surface area contributed by atoms with Gasteiger partial charge in [0.1, 0.15) is 5.58 Å². The fourth-order valence-corrected chi connectivity index (χ4v) is 3.36. The van der Waals surface area contributed by atoms with Gasteiger partial charge in [-0.05, 0) is 24.1 Å². The molecule has 0 atom stereocenters. The molecule has 4 nitrogen and oxygen atoms in total. The first-order valence-corrected chi connectivity index (χ1v) is 9.67. The predicted molar refractivity (Wildman–Crippen MR) is 112 cm³/mol. The zero-order valence-corrected chi connectivity index (χ0v) is 16.2. The number of esters is 1. The average molecular weight is 386 g/mol. The molecule has 146 valence electrons. The fourth-order valence-electron chi connectivity index (χ4n) is 3.36. The zero-order chi connectivity index (χ0) is 20.1. The van der Waals surface area contributed by atoms with Crippen molar-refractivity contribution < 1.29 is 18.7 Å². The molecular formula is C25H22O4. The molecule has 4 heteroatoms. The lowest BCUT2D eigenvalue weighted by atomic mass is 10.0. The highest BCUT2D eigenvalue weighted by molar-refractivity contribution is 5.96. The molecule has 0 aliphatic heterocycles. The Balaban J connectivity index is 1.71. The van der Waals surface area contributed by atoms with Gasteiger partial charge in [-0.2, -0.15) is 0 Å². The molecule has 0 radical (unpaired) electrons. The van der Waals surface area contributed by atoms with Gasteiger partial charge in [-0.3, -0.25) is 0 Å². The van der Waals surface area contributed by atoms with Gasteiger partial charge < -0.3 is 13.9 Å². The largest absolute Gasteiger partial charge is 0.449 e. The average Bonchev–Trinajstić information content (AvgIpc) is 3.16. The Morgan fingerprint density at radius 1 is 0.862 bits per heavy atom. The zero-order valence-electron chi connectivity index (χ0n) is 16.2. The minimum atomic E-state index is -0.530. The smallest absolute Gasteiger partial charge is 0.375 e. The van der Waals surface area contributed by atoms with Gasteiger partial charge in [0.25, 0.3) is 0 Å². The molecule has 0 aliphatic carbocycles. The van der Waals surface area contributed by atoms with Crippen LogP contribution in [0.25, 0.3) is 11.0 Å². The second-order valence-electron chi connectivity index (χ2n) is 6.65. The number of furan rings is 1. The van der Waals surface area contributed by atoms with Crippen molar-refractivity contribution in [3.05, 3.63) is 107 Å². The van der Waals surface area contributed by atoms with Crippen LogP contribution in [-0.2, 0) is 16.1 Å². The molecule has 3 aromatic carbocycles. The number of para-hydroxylation sites is 1. The molecule has 0 saturated carbocycles. The van der Waals surface area contributed by atoms with Gasteiger partial charge in [0.05, 0.1) is 6.61 Å². The molecule has 1 aromatic heterocycles. The highest BCUT2D eigenvalue weighted by Crippen LogP contribution is 2.31. The third kappa shape index (κ3) is 4.08. The van der Waals surface area contributed by atoms with E-state index in [0.29, 0.717) is 24.4 Å². The minimum absolute atomic E-state index is 0.191. The Bertz CT molecular complexity index is 1040. The van der Waals surface area contributed by atoms with Crippen LogP contribution in [0.15, 0.2) is 89.3 Å². The summed E-state index contributed by atoms with van der Waals surface area (Å²) in [5, 5.41) is 0.865. The summed E-state index contributed by atoms with van der Waals surface area (Å²) in [6, 6.07) is 27.0. The minimum Gasteiger partial charge on any atom is -0.449 e. The van der Waals surface area contributed by atoms with Gasteiger partial charge in [-0.1, -0.05) is 78.9 Å². The second-order valence-corrected chi connectivity index (χ2v) is 6.65. The highest BCUT2D eigenvalue weighted by atomic mass is 16.6. The molecule has 4 aromatic rings. The first-order valence-electron chi connectivity index (χ1n) is 9.67. The third-order valence-corrected chi connectivity index (χ3v) is 4.76. The highest BCUT2D eigenvalue weighted by Gasteiger charge is 2.26. The van der Waals surface area contributed by atoms with Gasteiger partial charge in [-0.15, -0.1) is 0 Å². The SMILES string of the molecule is CCOCc1c(C(=O)OC(c2ccccc2)c2ccccc2)oc2ccccc12. The Morgan fingerprint density at radius 2 is 1.45 bits per heavy atom. The normalized spacial score (nSPS) is 11.1. The number of rotatable bonds is 7.